The highest BCUT2D eigenvalue weighted by Crippen LogP contribution is 2.29. The first-order chi connectivity index (χ1) is 11.7. The lowest BCUT2D eigenvalue weighted by molar-refractivity contribution is -0.119. The fraction of sp³-hybridized carbons (Fsp3) is 0.267. The van der Waals surface area contributed by atoms with Crippen molar-refractivity contribution in [3.8, 4) is 0 Å². The Kier molecular flexibility index (Phi) is 4.71. The molecule has 1 aromatic carbocycles. The molecule has 1 aromatic heterocycles. The largest absolute Gasteiger partial charge is 0.273 e. The van der Waals surface area contributed by atoms with Crippen LogP contribution in [0.5, 0.6) is 0 Å². The maximum absolute atomic E-state index is 12.3. The van der Waals surface area contributed by atoms with E-state index in [1.807, 2.05) is 17.5 Å². The Morgan fingerprint density at radius 2 is 1.92 bits per heavy atom. The van der Waals surface area contributed by atoms with Crippen LogP contribution in [0.3, 0.4) is 0 Å². The van der Waals surface area contributed by atoms with Crippen LogP contribution in [0, 0.1) is 5.92 Å². The average Bonchev–Trinajstić information content (AvgIpc) is 3.12. The van der Waals surface area contributed by atoms with E-state index in [9.17, 15) is 21.6 Å². The smallest absolute Gasteiger partial charge is 0.244 e. The summed E-state index contributed by atoms with van der Waals surface area (Å²) < 4.78 is 52.0. The molecule has 1 atom stereocenters. The molecule has 2 heterocycles. The van der Waals surface area contributed by atoms with Gasteiger partial charge in [-0.2, -0.15) is 0 Å². The monoisotopic (exact) mass is 400 g/mol. The minimum atomic E-state index is -3.73. The maximum atomic E-state index is 12.3. The molecule has 0 saturated carbocycles. The molecule has 10 heteroatoms. The number of amides is 1. The third-order valence-electron chi connectivity index (χ3n) is 3.76. The van der Waals surface area contributed by atoms with Crippen molar-refractivity contribution in [1.29, 1.82) is 0 Å². The van der Waals surface area contributed by atoms with E-state index >= 15 is 0 Å². The van der Waals surface area contributed by atoms with Crippen LogP contribution in [-0.2, 0) is 31.4 Å². The van der Waals surface area contributed by atoms with Gasteiger partial charge >= 0.3 is 0 Å². The van der Waals surface area contributed by atoms with Gasteiger partial charge in [-0.3, -0.25) is 4.79 Å². The molecule has 1 fully saturated rings. The first-order valence-corrected chi connectivity index (χ1v) is 11.4. The molecule has 0 spiro atoms. The van der Waals surface area contributed by atoms with Gasteiger partial charge in [0.1, 0.15) is 0 Å². The fourth-order valence-corrected chi connectivity index (χ4v) is 6.07. The Morgan fingerprint density at radius 3 is 2.44 bits per heavy atom. The molecule has 0 radical (unpaired) electrons. The molecule has 1 aliphatic heterocycles. The molecule has 0 aliphatic carbocycles. The highest BCUT2D eigenvalue weighted by atomic mass is 32.2. The van der Waals surface area contributed by atoms with Gasteiger partial charge in [-0.05, 0) is 35.7 Å². The van der Waals surface area contributed by atoms with Crippen LogP contribution in [0.25, 0.3) is 0 Å². The first-order valence-electron chi connectivity index (χ1n) is 7.40. The summed E-state index contributed by atoms with van der Waals surface area (Å²) in [4.78, 5) is 12.9. The molecule has 2 aromatic rings. The van der Waals surface area contributed by atoms with E-state index in [1.165, 1.54) is 35.6 Å². The van der Waals surface area contributed by atoms with Crippen molar-refractivity contribution in [3.05, 3.63) is 46.7 Å². The number of anilines is 1. The van der Waals surface area contributed by atoms with E-state index in [-0.39, 0.29) is 22.9 Å². The fourth-order valence-electron chi connectivity index (χ4n) is 2.51. The number of hydrogen-bond donors (Lipinski definition) is 1. The third-order valence-corrected chi connectivity index (χ3v) is 7.92. The van der Waals surface area contributed by atoms with E-state index in [1.54, 1.807) is 6.92 Å². The molecule has 3 rings (SSSR count). The molecular formula is C15H16N2O5S3. The quantitative estimate of drug-likeness (QED) is 0.820. The zero-order chi connectivity index (χ0) is 18.2. The average molecular weight is 401 g/mol. The van der Waals surface area contributed by atoms with E-state index < -0.39 is 31.9 Å². The number of benzene rings is 1. The van der Waals surface area contributed by atoms with Gasteiger partial charge in [-0.25, -0.2) is 25.9 Å². The predicted molar refractivity (Wildman–Crippen MR) is 95.2 cm³/mol. The minimum Gasteiger partial charge on any atom is -0.273 e. The van der Waals surface area contributed by atoms with E-state index in [2.05, 4.69) is 4.72 Å². The summed E-state index contributed by atoms with van der Waals surface area (Å²) in [7, 11) is -7.43. The summed E-state index contributed by atoms with van der Waals surface area (Å²) in [6.45, 7) is 1.73. The molecule has 25 heavy (non-hydrogen) atoms. The first kappa shape index (κ1) is 18.1. The van der Waals surface area contributed by atoms with Crippen molar-refractivity contribution >= 4 is 43.0 Å². The standard InChI is InChI=1S/C15H16N2O5S3/c1-11-10-24(19,20)17(15(11)18)12-4-6-14(7-5-12)25(21,22)16-9-13-3-2-8-23-13/h2-8,11,16H,9-10H2,1H3/t11-/m1/s1. The van der Waals surface area contributed by atoms with Crippen molar-refractivity contribution in [1.82, 2.24) is 4.72 Å². The van der Waals surface area contributed by atoms with Crippen molar-refractivity contribution in [2.24, 2.45) is 5.92 Å². The van der Waals surface area contributed by atoms with Gasteiger partial charge in [-0.1, -0.05) is 13.0 Å². The van der Waals surface area contributed by atoms with Gasteiger partial charge in [0.15, 0.2) is 0 Å². The van der Waals surface area contributed by atoms with Crippen LogP contribution in [0.15, 0.2) is 46.7 Å². The Balaban J connectivity index is 1.81. The Hall–Kier alpha value is -1.75. The lowest BCUT2D eigenvalue weighted by Gasteiger charge is -2.15. The van der Waals surface area contributed by atoms with E-state index in [4.69, 9.17) is 0 Å². The summed E-state index contributed by atoms with van der Waals surface area (Å²) in [5, 5.41) is 1.85. The molecular weight excluding hydrogens is 384 g/mol. The zero-order valence-corrected chi connectivity index (χ0v) is 15.7. The number of nitrogens with zero attached hydrogens (tertiary/aromatic N) is 1. The Labute approximate surface area is 150 Å². The molecule has 0 bridgehead atoms. The molecule has 1 saturated heterocycles. The molecule has 1 N–H and O–H groups in total. The Morgan fingerprint density at radius 1 is 1.24 bits per heavy atom. The van der Waals surface area contributed by atoms with Crippen LogP contribution in [0.4, 0.5) is 5.69 Å². The third kappa shape index (κ3) is 3.61. The summed E-state index contributed by atoms with van der Waals surface area (Å²) in [6.07, 6.45) is 0. The van der Waals surface area contributed by atoms with Crippen molar-refractivity contribution in [3.63, 3.8) is 0 Å². The van der Waals surface area contributed by atoms with Crippen LogP contribution in [0.2, 0.25) is 0 Å². The second-order valence-electron chi connectivity index (χ2n) is 5.68. The van der Waals surface area contributed by atoms with Gasteiger partial charge in [0.25, 0.3) is 0 Å². The van der Waals surface area contributed by atoms with Crippen LogP contribution in [-0.4, -0.2) is 28.5 Å². The molecule has 0 unspecified atom stereocenters. The van der Waals surface area contributed by atoms with Crippen LogP contribution >= 0.6 is 11.3 Å². The van der Waals surface area contributed by atoms with Crippen LogP contribution in [0.1, 0.15) is 11.8 Å². The van der Waals surface area contributed by atoms with Gasteiger partial charge in [-0.15, -0.1) is 11.3 Å². The summed E-state index contributed by atoms with van der Waals surface area (Å²) in [6, 6.07) is 8.88. The van der Waals surface area contributed by atoms with Gasteiger partial charge < -0.3 is 0 Å². The van der Waals surface area contributed by atoms with Gasteiger partial charge in [0.2, 0.25) is 26.0 Å². The van der Waals surface area contributed by atoms with E-state index in [0.717, 1.165) is 9.18 Å². The van der Waals surface area contributed by atoms with Crippen molar-refractivity contribution < 1.29 is 21.6 Å². The minimum absolute atomic E-state index is 0.00454. The summed E-state index contributed by atoms with van der Waals surface area (Å²) >= 11 is 1.44. The second-order valence-corrected chi connectivity index (χ2v) is 10.3. The number of carbonyl (C=O) groups is 1. The lowest BCUT2D eigenvalue weighted by Crippen LogP contribution is -2.30. The highest BCUT2D eigenvalue weighted by molar-refractivity contribution is 7.94. The van der Waals surface area contributed by atoms with Gasteiger partial charge in [0.05, 0.1) is 22.3 Å². The zero-order valence-electron chi connectivity index (χ0n) is 13.2. The number of sulfonamides is 2. The number of hydrogen-bond acceptors (Lipinski definition) is 6. The predicted octanol–water partition coefficient (Wildman–Crippen LogP) is 1.54. The summed E-state index contributed by atoms with van der Waals surface area (Å²) in [5.74, 6) is -1.36. The molecule has 7 nitrogen and oxygen atoms in total. The van der Waals surface area contributed by atoms with Crippen LogP contribution < -0.4 is 9.03 Å². The number of thiophene rings is 1. The highest BCUT2D eigenvalue weighted by Gasteiger charge is 2.41. The molecule has 134 valence electrons. The lowest BCUT2D eigenvalue weighted by atomic mass is 10.2. The van der Waals surface area contributed by atoms with E-state index in [0.29, 0.717) is 0 Å². The summed E-state index contributed by atoms with van der Waals surface area (Å²) in [5.41, 5.74) is 0.145. The topological polar surface area (TPSA) is 101 Å². The molecule has 1 amide bonds. The number of rotatable bonds is 5. The van der Waals surface area contributed by atoms with Crippen molar-refractivity contribution in [2.75, 3.05) is 10.1 Å². The van der Waals surface area contributed by atoms with Crippen molar-refractivity contribution in [2.45, 2.75) is 18.4 Å². The number of carbonyl (C=O) groups excluding carboxylic acids is 1. The maximum Gasteiger partial charge on any atom is 0.244 e. The molecule has 1 aliphatic rings. The Bertz CT molecular complexity index is 980. The number of nitrogens with one attached hydrogen (secondary N) is 1. The second kappa shape index (κ2) is 6.52. The van der Waals surface area contributed by atoms with Gasteiger partial charge in [0, 0.05) is 11.4 Å². The normalized spacial score (nSPS) is 20.1. The SMILES string of the molecule is C[C@@H]1CS(=O)(=O)N(c2ccc(S(=O)(=O)NCc3cccs3)cc2)C1=O.